The zero-order valence-electron chi connectivity index (χ0n) is 11.2. The third-order valence-corrected chi connectivity index (χ3v) is 3.44. The van der Waals surface area contributed by atoms with E-state index >= 15 is 0 Å². The first-order chi connectivity index (χ1) is 9.13. The number of nitrogens with zero attached hydrogens (tertiary/aromatic N) is 2. The molecule has 0 radical (unpaired) electrons. The van der Waals surface area contributed by atoms with Gasteiger partial charge in [0.2, 0.25) is 0 Å². The van der Waals surface area contributed by atoms with Crippen molar-refractivity contribution in [3.05, 3.63) is 65.1 Å². The second kappa shape index (κ2) is 4.43. The Bertz CT molecular complexity index is 724. The average molecular weight is 251 g/mol. The number of aromatic nitrogens is 2. The number of benzene rings is 1. The molecule has 3 heteroatoms. The Morgan fingerprint density at radius 2 is 1.84 bits per heavy atom. The Balaban J connectivity index is 1.97. The standard InChI is InChI=1S/C16H17N3/c1-11-3-5-13(6-4-11)9-14-10-19-8-7-12(2)15(17)16(19)18-14/h3-8,10H,9,17H2,1-2H3. The van der Waals surface area contributed by atoms with Gasteiger partial charge in [0.25, 0.3) is 0 Å². The molecule has 2 heterocycles. The molecule has 0 saturated heterocycles. The zero-order valence-corrected chi connectivity index (χ0v) is 11.2. The number of nitrogens with two attached hydrogens (primary N) is 1. The number of pyridine rings is 1. The van der Waals surface area contributed by atoms with Crippen LogP contribution in [0.5, 0.6) is 0 Å². The van der Waals surface area contributed by atoms with Crippen LogP contribution in [0.3, 0.4) is 0 Å². The van der Waals surface area contributed by atoms with E-state index in [1.807, 2.05) is 29.8 Å². The van der Waals surface area contributed by atoms with E-state index in [0.717, 1.165) is 29.0 Å². The second-order valence-corrected chi connectivity index (χ2v) is 5.04. The molecule has 3 aromatic rings. The number of aryl methyl sites for hydroxylation is 2. The first-order valence-electron chi connectivity index (χ1n) is 6.42. The fourth-order valence-electron chi connectivity index (χ4n) is 2.22. The maximum absolute atomic E-state index is 6.06. The van der Waals surface area contributed by atoms with Crippen LogP contribution in [0, 0.1) is 13.8 Å². The van der Waals surface area contributed by atoms with Gasteiger partial charge < -0.3 is 10.1 Å². The lowest BCUT2D eigenvalue weighted by Gasteiger charge is -2.00. The quantitative estimate of drug-likeness (QED) is 0.760. The molecule has 19 heavy (non-hydrogen) atoms. The van der Waals surface area contributed by atoms with Gasteiger partial charge in [-0.1, -0.05) is 29.8 Å². The van der Waals surface area contributed by atoms with Gasteiger partial charge in [-0.2, -0.15) is 0 Å². The number of anilines is 1. The highest BCUT2D eigenvalue weighted by Gasteiger charge is 2.07. The molecule has 0 aliphatic carbocycles. The lowest BCUT2D eigenvalue weighted by molar-refractivity contribution is 1.11. The van der Waals surface area contributed by atoms with Gasteiger partial charge >= 0.3 is 0 Å². The van der Waals surface area contributed by atoms with Crippen molar-refractivity contribution in [2.45, 2.75) is 20.3 Å². The van der Waals surface area contributed by atoms with Gasteiger partial charge in [0.05, 0.1) is 11.4 Å². The number of fused-ring (bicyclic) bond motifs is 1. The monoisotopic (exact) mass is 251 g/mol. The van der Waals surface area contributed by atoms with Gasteiger partial charge in [-0.15, -0.1) is 0 Å². The first-order valence-corrected chi connectivity index (χ1v) is 6.42. The van der Waals surface area contributed by atoms with E-state index < -0.39 is 0 Å². The normalized spacial score (nSPS) is 11.1. The molecule has 3 nitrogen and oxygen atoms in total. The number of hydrogen-bond acceptors (Lipinski definition) is 2. The Labute approximate surface area is 112 Å². The van der Waals surface area contributed by atoms with Crippen molar-refractivity contribution in [3.8, 4) is 0 Å². The van der Waals surface area contributed by atoms with Crippen LogP contribution in [-0.2, 0) is 6.42 Å². The minimum absolute atomic E-state index is 0.762. The molecule has 0 bridgehead atoms. The van der Waals surface area contributed by atoms with Gasteiger partial charge in [-0.05, 0) is 31.0 Å². The number of hydrogen-bond donors (Lipinski definition) is 1. The summed E-state index contributed by atoms with van der Waals surface area (Å²) in [5.41, 5.74) is 12.3. The molecule has 0 aliphatic rings. The minimum atomic E-state index is 0.762. The van der Waals surface area contributed by atoms with E-state index in [2.05, 4.69) is 36.2 Å². The van der Waals surface area contributed by atoms with E-state index in [-0.39, 0.29) is 0 Å². The van der Waals surface area contributed by atoms with E-state index in [9.17, 15) is 0 Å². The highest BCUT2D eigenvalue weighted by atomic mass is 15.0. The molecule has 0 spiro atoms. The third kappa shape index (κ3) is 2.19. The van der Waals surface area contributed by atoms with Crippen molar-refractivity contribution in [1.82, 2.24) is 9.38 Å². The molecule has 0 aliphatic heterocycles. The summed E-state index contributed by atoms with van der Waals surface area (Å²) in [6, 6.07) is 10.6. The molecule has 2 N–H and O–H groups in total. The van der Waals surface area contributed by atoms with Crippen LogP contribution in [0.1, 0.15) is 22.4 Å². The van der Waals surface area contributed by atoms with E-state index in [0.29, 0.717) is 0 Å². The number of imidazole rings is 1. The van der Waals surface area contributed by atoms with Crippen molar-refractivity contribution >= 4 is 11.3 Å². The maximum Gasteiger partial charge on any atom is 0.160 e. The summed E-state index contributed by atoms with van der Waals surface area (Å²) < 4.78 is 1.99. The van der Waals surface area contributed by atoms with Crippen LogP contribution < -0.4 is 5.73 Å². The highest BCUT2D eigenvalue weighted by Crippen LogP contribution is 2.19. The maximum atomic E-state index is 6.06. The smallest absolute Gasteiger partial charge is 0.160 e. The Morgan fingerprint density at radius 1 is 1.11 bits per heavy atom. The molecule has 96 valence electrons. The average Bonchev–Trinajstić information content (AvgIpc) is 2.80. The third-order valence-electron chi connectivity index (χ3n) is 3.44. The van der Waals surface area contributed by atoms with Crippen LogP contribution in [-0.4, -0.2) is 9.38 Å². The molecule has 0 saturated carbocycles. The van der Waals surface area contributed by atoms with Gasteiger partial charge in [-0.3, -0.25) is 0 Å². The first kappa shape index (κ1) is 11.8. The lowest BCUT2D eigenvalue weighted by Crippen LogP contribution is -1.94. The molecule has 0 fully saturated rings. The lowest BCUT2D eigenvalue weighted by atomic mass is 10.1. The molecule has 1 aromatic carbocycles. The van der Waals surface area contributed by atoms with Crippen LogP contribution in [0.15, 0.2) is 42.7 Å². The highest BCUT2D eigenvalue weighted by molar-refractivity contribution is 5.68. The van der Waals surface area contributed by atoms with E-state index in [1.165, 1.54) is 11.1 Å². The second-order valence-electron chi connectivity index (χ2n) is 5.04. The summed E-state index contributed by atoms with van der Waals surface area (Å²) >= 11 is 0. The van der Waals surface area contributed by atoms with Gasteiger partial charge in [0.1, 0.15) is 0 Å². The van der Waals surface area contributed by atoms with Crippen LogP contribution >= 0.6 is 0 Å². The van der Waals surface area contributed by atoms with Crippen LogP contribution in [0.25, 0.3) is 5.65 Å². The summed E-state index contributed by atoms with van der Waals surface area (Å²) in [6.07, 6.45) is 4.89. The van der Waals surface area contributed by atoms with Crippen LogP contribution in [0.4, 0.5) is 5.69 Å². The topological polar surface area (TPSA) is 43.3 Å². The van der Waals surface area contributed by atoms with Crippen molar-refractivity contribution < 1.29 is 0 Å². The molecule has 0 atom stereocenters. The Morgan fingerprint density at radius 3 is 2.58 bits per heavy atom. The summed E-state index contributed by atoms with van der Waals surface area (Å²) in [4.78, 5) is 4.63. The molecule has 0 amide bonds. The number of rotatable bonds is 2. The Kier molecular flexibility index (Phi) is 2.75. The molecular formula is C16H17N3. The molecule has 3 rings (SSSR count). The fraction of sp³-hybridized carbons (Fsp3) is 0.188. The predicted molar refractivity (Wildman–Crippen MR) is 78.3 cm³/mol. The zero-order chi connectivity index (χ0) is 13.4. The Hall–Kier alpha value is -2.29. The summed E-state index contributed by atoms with van der Waals surface area (Å²) in [5.74, 6) is 0. The van der Waals surface area contributed by atoms with Crippen molar-refractivity contribution in [2.24, 2.45) is 0 Å². The summed E-state index contributed by atoms with van der Waals surface area (Å²) in [7, 11) is 0. The number of nitrogen functional groups attached to an aromatic ring is 1. The summed E-state index contributed by atoms with van der Waals surface area (Å²) in [6.45, 7) is 4.10. The van der Waals surface area contributed by atoms with Crippen molar-refractivity contribution in [3.63, 3.8) is 0 Å². The van der Waals surface area contributed by atoms with Gasteiger partial charge in [0, 0.05) is 18.8 Å². The predicted octanol–water partition coefficient (Wildman–Crippen LogP) is 3.12. The summed E-state index contributed by atoms with van der Waals surface area (Å²) in [5, 5.41) is 0. The van der Waals surface area contributed by atoms with E-state index in [4.69, 9.17) is 5.73 Å². The van der Waals surface area contributed by atoms with Crippen molar-refractivity contribution in [1.29, 1.82) is 0 Å². The molecular weight excluding hydrogens is 234 g/mol. The van der Waals surface area contributed by atoms with Crippen molar-refractivity contribution in [2.75, 3.05) is 5.73 Å². The SMILES string of the molecule is Cc1ccc(Cc2cn3ccc(C)c(N)c3n2)cc1. The fourth-order valence-corrected chi connectivity index (χ4v) is 2.22. The molecule has 2 aromatic heterocycles. The van der Waals surface area contributed by atoms with E-state index in [1.54, 1.807) is 0 Å². The minimum Gasteiger partial charge on any atom is -0.395 e. The van der Waals surface area contributed by atoms with Crippen LogP contribution in [0.2, 0.25) is 0 Å². The van der Waals surface area contributed by atoms with Gasteiger partial charge in [-0.25, -0.2) is 4.98 Å². The largest absolute Gasteiger partial charge is 0.395 e. The molecule has 0 unspecified atom stereocenters. The van der Waals surface area contributed by atoms with Gasteiger partial charge in [0.15, 0.2) is 5.65 Å².